The fourth-order valence-electron chi connectivity index (χ4n) is 4.47. The van der Waals surface area contributed by atoms with Gasteiger partial charge in [-0.15, -0.1) is 0 Å². The lowest BCUT2D eigenvalue weighted by Gasteiger charge is -2.32. The molecule has 0 spiro atoms. The van der Waals surface area contributed by atoms with Crippen LogP contribution in [0.4, 0.5) is 0 Å². The number of amides is 2. The van der Waals surface area contributed by atoms with Crippen LogP contribution < -0.4 is 5.32 Å². The Kier molecular flexibility index (Phi) is 5.79. The maximum Gasteiger partial charge on any atom is 0.254 e. The van der Waals surface area contributed by atoms with Crippen molar-refractivity contribution in [3.8, 4) is 0 Å². The standard InChI is InChI=1S/C24H35N5O2/c1-6-11-25-22(30)17-8-7-12-28(14-17)23(31)18-13-19(16-9-10-16)26-21-20(18)15(2)27-29(21)24(3,4)5/h13,16-17H,6-12,14H2,1-5H3,(H,25,30). The second kappa shape index (κ2) is 8.24. The molecule has 2 fully saturated rings. The first kappa shape index (κ1) is 21.8. The number of carbonyl (C=O) groups is 2. The monoisotopic (exact) mass is 425 g/mol. The Hall–Kier alpha value is -2.44. The van der Waals surface area contributed by atoms with Gasteiger partial charge in [-0.2, -0.15) is 5.10 Å². The van der Waals surface area contributed by atoms with Crippen LogP contribution >= 0.6 is 0 Å². The normalized spacial score (nSPS) is 19.6. The number of aromatic nitrogens is 3. The van der Waals surface area contributed by atoms with Crippen LogP contribution in [0.15, 0.2) is 6.07 Å². The zero-order valence-corrected chi connectivity index (χ0v) is 19.5. The summed E-state index contributed by atoms with van der Waals surface area (Å²) >= 11 is 0. The van der Waals surface area contributed by atoms with E-state index in [-0.39, 0.29) is 23.3 Å². The van der Waals surface area contributed by atoms with Crippen LogP contribution in [0.3, 0.4) is 0 Å². The summed E-state index contributed by atoms with van der Waals surface area (Å²) in [5.74, 6) is 0.366. The van der Waals surface area contributed by atoms with Gasteiger partial charge >= 0.3 is 0 Å². The number of carbonyl (C=O) groups excluding carboxylic acids is 2. The van der Waals surface area contributed by atoms with E-state index in [1.807, 2.05) is 29.5 Å². The number of rotatable bonds is 5. The Balaban J connectivity index is 1.70. The minimum absolute atomic E-state index is 0.00106. The third kappa shape index (κ3) is 4.32. The molecule has 2 amide bonds. The Morgan fingerprint density at radius 1 is 1.23 bits per heavy atom. The zero-order valence-electron chi connectivity index (χ0n) is 19.5. The van der Waals surface area contributed by atoms with Gasteiger partial charge in [0, 0.05) is 31.2 Å². The Bertz CT molecular complexity index is 1000. The van der Waals surface area contributed by atoms with Crippen LogP contribution in [-0.2, 0) is 10.3 Å². The summed E-state index contributed by atoms with van der Waals surface area (Å²) in [6.45, 7) is 12.2. The van der Waals surface area contributed by atoms with Gasteiger partial charge < -0.3 is 10.2 Å². The molecule has 2 aromatic rings. The SMILES string of the molecule is CCCNC(=O)C1CCCN(C(=O)c2cc(C3CC3)nc3c2c(C)nn3C(C)(C)C)C1. The van der Waals surface area contributed by atoms with E-state index in [0.717, 1.165) is 54.5 Å². The van der Waals surface area contributed by atoms with Crippen LogP contribution in [0.1, 0.15) is 87.5 Å². The highest BCUT2D eigenvalue weighted by Gasteiger charge is 2.33. The zero-order chi connectivity index (χ0) is 22.3. The van der Waals surface area contributed by atoms with E-state index in [2.05, 4.69) is 26.1 Å². The predicted octanol–water partition coefficient (Wildman–Crippen LogP) is 3.75. The van der Waals surface area contributed by atoms with E-state index in [0.29, 0.717) is 31.1 Å². The van der Waals surface area contributed by atoms with E-state index in [4.69, 9.17) is 10.1 Å². The second-order valence-corrected chi connectivity index (χ2v) is 10.1. The Labute approximate surface area is 184 Å². The molecule has 0 bridgehead atoms. The molecule has 168 valence electrons. The number of pyridine rings is 1. The second-order valence-electron chi connectivity index (χ2n) is 10.1. The van der Waals surface area contributed by atoms with Crippen molar-refractivity contribution in [2.24, 2.45) is 5.92 Å². The first-order valence-corrected chi connectivity index (χ1v) is 11.7. The Morgan fingerprint density at radius 2 is 1.97 bits per heavy atom. The summed E-state index contributed by atoms with van der Waals surface area (Å²) in [6, 6.07) is 1.99. The lowest BCUT2D eigenvalue weighted by molar-refractivity contribution is -0.126. The molecule has 1 aliphatic carbocycles. The highest BCUT2D eigenvalue weighted by molar-refractivity contribution is 6.06. The van der Waals surface area contributed by atoms with Crippen molar-refractivity contribution in [1.82, 2.24) is 25.0 Å². The van der Waals surface area contributed by atoms with Crippen LogP contribution in [0.25, 0.3) is 11.0 Å². The number of piperidine rings is 1. The van der Waals surface area contributed by atoms with Crippen LogP contribution in [0.5, 0.6) is 0 Å². The molecule has 1 saturated heterocycles. The maximum atomic E-state index is 13.7. The topological polar surface area (TPSA) is 80.1 Å². The molecule has 2 aromatic heterocycles. The molecule has 7 nitrogen and oxygen atoms in total. The molecular weight excluding hydrogens is 390 g/mol. The number of nitrogens with one attached hydrogen (secondary N) is 1. The molecule has 3 heterocycles. The smallest absolute Gasteiger partial charge is 0.254 e. The van der Waals surface area contributed by atoms with Crippen LogP contribution in [-0.4, -0.2) is 51.1 Å². The summed E-state index contributed by atoms with van der Waals surface area (Å²) in [5.41, 5.74) is 3.09. The fourth-order valence-corrected chi connectivity index (χ4v) is 4.47. The van der Waals surface area contributed by atoms with Gasteiger partial charge in [0.15, 0.2) is 5.65 Å². The summed E-state index contributed by atoms with van der Waals surface area (Å²) in [7, 11) is 0. The summed E-state index contributed by atoms with van der Waals surface area (Å²) in [4.78, 5) is 33.1. The van der Waals surface area contributed by atoms with Crippen molar-refractivity contribution in [1.29, 1.82) is 0 Å². The molecule has 7 heteroatoms. The van der Waals surface area contributed by atoms with E-state index in [1.54, 1.807) is 0 Å². The predicted molar refractivity (Wildman–Crippen MR) is 121 cm³/mol. The molecule has 2 aliphatic rings. The molecular formula is C24H35N5O2. The summed E-state index contributed by atoms with van der Waals surface area (Å²) < 4.78 is 1.96. The number of fused-ring (bicyclic) bond motifs is 1. The third-order valence-corrected chi connectivity index (χ3v) is 6.32. The molecule has 1 aliphatic heterocycles. The molecule has 0 aromatic carbocycles. The largest absolute Gasteiger partial charge is 0.356 e. The van der Waals surface area contributed by atoms with Crippen molar-refractivity contribution in [3.63, 3.8) is 0 Å². The van der Waals surface area contributed by atoms with Gasteiger partial charge in [0.1, 0.15) is 0 Å². The van der Waals surface area contributed by atoms with E-state index >= 15 is 0 Å². The van der Waals surface area contributed by atoms with E-state index < -0.39 is 0 Å². The molecule has 0 radical (unpaired) electrons. The number of hydrogen-bond donors (Lipinski definition) is 1. The van der Waals surface area contributed by atoms with Crippen molar-refractivity contribution < 1.29 is 9.59 Å². The minimum Gasteiger partial charge on any atom is -0.356 e. The Morgan fingerprint density at radius 3 is 2.61 bits per heavy atom. The molecule has 1 saturated carbocycles. The third-order valence-electron chi connectivity index (χ3n) is 6.32. The lowest BCUT2D eigenvalue weighted by Crippen LogP contribution is -2.45. The average molecular weight is 426 g/mol. The first-order chi connectivity index (χ1) is 14.7. The number of likely N-dealkylation sites (tertiary alicyclic amines) is 1. The lowest BCUT2D eigenvalue weighted by atomic mass is 9.96. The summed E-state index contributed by atoms with van der Waals surface area (Å²) in [6.07, 6.45) is 4.84. The molecule has 1 N–H and O–H groups in total. The number of hydrogen-bond acceptors (Lipinski definition) is 4. The van der Waals surface area contributed by atoms with Gasteiger partial charge in [-0.3, -0.25) is 9.59 Å². The van der Waals surface area contributed by atoms with Gasteiger partial charge in [-0.1, -0.05) is 6.92 Å². The average Bonchev–Trinajstić information content (AvgIpc) is 3.53. The minimum atomic E-state index is -0.227. The van der Waals surface area contributed by atoms with Gasteiger partial charge in [0.2, 0.25) is 5.91 Å². The van der Waals surface area contributed by atoms with Crippen LogP contribution in [0, 0.1) is 12.8 Å². The van der Waals surface area contributed by atoms with Gasteiger partial charge in [-0.05, 0) is 65.9 Å². The van der Waals surface area contributed by atoms with Crippen molar-refractivity contribution in [2.45, 2.75) is 78.2 Å². The summed E-state index contributed by atoms with van der Waals surface area (Å²) in [5, 5.41) is 8.61. The molecule has 31 heavy (non-hydrogen) atoms. The highest BCUT2D eigenvalue weighted by Crippen LogP contribution is 2.41. The van der Waals surface area contributed by atoms with Crippen molar-refractivity contribution in [3.05, 3.63) is 23.0 Å². The fraction of sp³-hybridized carbons (Fsp3) is 0.667. The molecule has 1 atom stereocenters. The number of aryl methyl sites for hydroxylation is 1. The van der Waals surface area contributed by atoms with Gasteiger partial charge in [0.25, 0.3) is 5.91 Å². The first-order valence-electron chi connectivity index (χ1n) is 11.7. The maximum absolute atomic E-state index is 13.7. The molecule has 4 rings (SSSR count). The van der Waals surface area contributed by atoms with Crippen molar-refractivity contribution >= 4 is 22.8 Å². The van der Waals surface area contributed by atoms with Gasteiger partial charge in [-0.25, -0.2) is 9.67 Å². The van der Waals surface area contributed by atoms with E-state index in [1.165, 1.54) is 0 Å². The highest BCUT2D eigenvalue weighted by atomic mass is 16.2. The van der Waals surface area contributed by atoms with E-state index in [9.17, 15) is 9.59 Å². The van der Waals surface area contributed by atoms with Crippen molar-refractivity contribution in [2.75, 3.05) is 19.6 Å². The number of nitrogens with zero attached hydrogens (tertiary/aromatic N) is 4. The quantitative estimate of drug-likeness (QED) is 0.791. The van der Waals surface area contributed by atoms with Gasteiger partial charge in [0.05, 0.1) is 28.1 Å². The van der Waals surface area contributed by atoms with Crippen LogP contribution in [0.2, 0.25) is 0 Å². The molecule has 1 unspecified atom stereocenters.